The summed E-state index contributed by atoms with van der Waals surface area (Å²) in [5, 5.41) is 4.52. The number of nitrogens with one attached hydrogen (secondary N) is 1. The van der Waals surface area contributed by atoms with Gasteiger partial charge < -0.3 is 9.73 Å². The largest absolute Gasteiger partial charge is 0.427 e. The Labute approximate surface area is 154 Å². The lowest BCUT2D eigenvalue weighted by Gasteiger charge is -2.11. The summed E-state index contributed by atoms with van der Waals surface area (Å²) in [5.41, 5.74) is 4.17. The van der Waals surface area contributed by atoms with Gasteiger partial charge in [-0.15, -0.1) is 0 Å². The molecule has 2 aromatic heterocycles. The van der Waals surface area contributed by atoms with Crippen LogP contribution in [0.25, 0.3) is 22.2 Å². The molecule has 0 aliphatic heterocycles. The van der Waals surface area contributed by atoms with E-state index in [2.05, 4.69) is 15.3 Å². The Morgan fingerprint density at radius 3 is 2.68 bits per heavy atom. The predicted octanol–water partition coefficient (Wildman–Crippen LogP) is 6.01. The zero-order valence-corrected chi connectivity index (χ0v) is 14.9. The van der Waals surface area contributed by atoms with Crippen LogP contribution in [0.4, 0.5) is 11.5 Å². The van der Waals surface area contributed by atoms with Crippen LogP contribution < -0.4 is 5.32 Å². The van der Waals surface area contributed by atoms with Crippen molar-refractivity contribution < 1.29 is 4.42 Å². The fraction of sp³-hybridized carbons (Fsp3) is 0.0526. The summed E-state index contributed by atoms with van der Waals surface area (Å²) in [6.45, 7) is 0. The van der Waals surface area contributed by atoms with Crippen LogP contribution in [0.1, 0.15) is 0 Å². The maximum atomic E-state index is 6.64. The van der Waals surface area contributed by atoms with Crippen molar-refractivity contribution in [1.29, 1.82) is 0 Å². The second-order valence-corrected chi connectivity index (χ2v) is 6.49. The molecular weight excluding hydrogens is 354 g/mol. The molecule has 2 heterocycles. The molecule has 25 heavy (non-hydrogen) atoms. The molecule has 0 amide bonds. The van der Waals surface area contributed by atoms with Crippen molar-refractivity contribution in [3.05, 3.63) is 65.8 Å². The molecule has 0 fully saturated rings. The Kier molecular flexibility index (Phi) is 4.34. The van der Waals surface area contributed by atoms with E-state index in [-0.39, 0.29) is 0 Å². The quantitative estimate of drug-likeness (QED) is 0.448. The van der Waals surface area contributed by atoms with Gasteiger partial charge in [-0.05, 0) is 24.0 Å². The fourth-order valence-electron chi connectivity index (χ4n) is 2.61. The number of hydrogen-bond donors (Lipinski definition) is 1. The van der Waals surface area contributed by atoms with Crippen molar-refractivity contribution >= 4 is 46.0 Å². The van der Waals surface area contributed by atoms with Crippen LogP contribution in [-0.2, 0) is 0 Å². The number of hydrogen-bond acceptors (Lipinski definition) is 5. The zero-order chi connectivity index (χ0) is 17.2. The minimum Gasteiger partial charge on any atom is -0.427 e. The SMILES string of the molecule is CSc1nc2ccnc(Nc3cccc(-c4ccccc4)c3Cl)c2o1. The molecule has 0 spiro atoms. The third kappa shape index (κ3) is 3.08. The second kappa shape index (κ2) is 6.78. The van der Waals surface area contributed by atoms with E-state index in [0.717, 1.165) is 22.3 Å². The molecule has 0 saturated heterocycles. The van der Waals surface area contributed by atoms with Crippen molar-refractivity contribution in [1.82, 2.24) is 9.97 Å². The third-order valence-corrected chi connectivity index (χ3v) is 4.73. The lowest BCUT2D eigenvalue weighted by molar-refractivity contribution is 0.490. The van der Waals surface area contributed by atoms with Gasteiger partial charge in [-0.25, -0.2) is 9.97 Å². The number of oxazole rings is 1. The Hall–Kier alpha value is -2.50. The Morgan fingerprint density at radius 1 is 1.04 bits per heavy atom. The molecule has 124 valence electrons. The van der Waals surface area contributed by atoms with E-state index in [4.69, 9.17) is 16.0 Å². The number of pyridine rings is 1. The summed E-state index contributed by atoms with van der Waals surface area (Å²) in [6.07, 6.45) is 3.62. The first-order chi connectivity index (χ1) is 12.3. The number of fused-ring (bicyclic) bond motifs is 1. The molecule has 0 saturated carbocycles. The summed E-state index contributed by atoms with van der Waals surface area (Å²) in [7, 11) is 0. The summed E-state index contributed by atoms with van der Waals surface area (Å²) >= 11 is 8.09. The lowest BCUT2D eigenvalue weighted by atomic mass is 10.1. The molecule has 0 atom stereocenters. The van der Waals surface area contributed by atoms with Gasteiger partial charge in [-0.1, -0.05) is 65.8 Å². The molecule has 4 aromatic rings. The number of aromatic nitrogens is 2. The van der Waals surface area contributed by atoms with Crippen LogP contribution in [-0.4, -0.2) is 16.2 Å². The average Bonchev–Trinajstić information content (AvgIpc) is 3.08. The van der Waals surface area contributed by atoms with E-state index < -0.39 is 0 Å². The Morgan fingerprint density at radius 2 is 1.88 bits per heavy atom. The highest BCUT2D eigenvalue weighted by Crippen LogP contribution is 2.36. The minimum atomic E-state index is 0.595. The monoisotopic (exact) mass is 367 g/mol. The van der Waals surface area contributed by atoms with Gasteiger partial charge in [-0.3, -0.25) is 0 Å². The second-order valence-electron chi connectivity index (χ2n) is 5.35. The van der Waals surface area contributed by atoms with Crippen LogP contribution in [0.2, 0.25) is 5.02 Å². The number of thioether (sulfide) groups is 1. The smallest absolute Gasteiger partial charge is 0.256 e. The molecule has 4 rings (SSSR count). The van der Waals surface area contributed by atoms with Crippen molar-refractivity contribution in [3.8, 4) is 11.1 Å². The average molecular weight is 368 g/mol. The van der Waals surface area contributed by atoms with Gasteiger partial charge in [0.1, 0.15) is 5.52 Å². The standard InChI is InChI=1S/C19H14ClN3OS/c1-25-19-23-15-10-11-21-18(17(15)24-19)22-14-9-5-8-13(16(14)20)12-6-3-2-4-7-12/h2-11H,1H3,(H,21,22). The topological polar surface area (TPSA) is 51.0 Å². The van der Waals surface area contributed by atoms with E-state index in [0.29, 0.717) is 21.6 Å². The highest BCUT2D eigenvalue weighted by atomic mass is 35.5. The molecule has 0 aliphatic carbocycles. The summed E-state index contributed by atoms with van der Waals surface area (Å²) in [4.78, 5) is 8.78. The summed E-state index contributed by atoms with van der Waals surface area (Å²) < 4.78 is 5.76. The lowest BCUT2D eigenvalue weighted by Crippen LogP contribution is -1.95. The molecule has 6 heteroatoms. The Balaban J connectivity index is 1.76. The number of halogens is 1. The van der Waals surface area contributed by atoms with Crippen LogP contribution in [0.3, 0.4) is 0 Å². The van der Waals surface area contributed by atoms with E-state index in [9.17, 15) is 0 Å². The first-order valence-corrected chi connectivity index (χ1v) is 9.27. The molecule has 0 bridgehead atoms. The number of anilines is 2. The first kappa shape index (κ1) is 16.0. The minimum absolute atomic E-state index is 0.595. The molecular formula is C19H14ClN3OS. The van der Waals surface area contributed by atoms with Crippen LogP contribution in [0.5, 0.6) is 0 Å². The first-order valence-electron chi connectivity index (χ1n) is 7.67. The van der Waals surface area contributed by atoms with Gasteiger partial charge in [0.05, 0.1) is 10.7 Å². The fourth-order valence-corrected chi connectivity index (χ4v) is 3.25. The maximum Gasteiger partial charge on any atom is 0.256 e. The van der Waals surface area contributed by atoms with Crippen LogP contribution >= 0.6 is 23.4 Å². The molecule has 0 radical (unpaired) electrons. The van der Waals surface area contributed by atoms with E-state index in [1.54, 1.807) is 6.20 Å². The normalized spacial score (nSPS) is 11.0. The van der Waals surface area contributed by atoms with Crippen molar-refractivity contribution in [2.75, 3.05) is 11.6 Å². The van der Waals surface area contributed by atoms with Gasteiger partial charge in [-0.2, -0.15) is 0 Å². The summed E-state index contributed by atoms with van der Waals surface area (Å²) in [6, 6.07) is 17.7. The number of benzene rings is 2. The summed E-state index contributed by atoms with van der Waals surface area (Å²) in [5.74, 6) is 0.595. The maximum absolute atomic E-state index is 6.64. The van der Waals surface area contributed by atoms with Gasteiger partial charge in [0.2, 0.25) is 0 Å². The van der Waals surface area contributed by atoms with Crippen molar-refractivity contribution in [2.45, 2.75) is 5.22 Å². The van der Waals surface area contributed by atoms with Crippen molar-refractivity contribution in [3.63, 3.8) is 0 Å². The molecule has 0 aliphatic rings. The van der Waals surface area contributed by atoms with Gasteiger partial charge in [0, 0.05) is 11.8 Å². The number of nitrogens with zero attached hydrogens (tertiary/aromatic N) is 2. The molecule has 4 nitrogen and oxygen atoms in total. The number of rotatable bonds is 4. The van der Waals surface area contributed by atoms with E-state index in [1.165, 1.54) is 11.8 Å². The van der Waals surface area contributed by atoms with Crippen molar-refractivity contribution in [2.24, 2.45) is 0 Å². The van der Waals surface area contributed by atoms with Gasteiger partial charge >= 0.3 is 0 Å². The predicted molar refractivity (Wildman–Crippen MR) is 104 cm³/mol. The molecule has 0 unspecified atom stereocenters. The van der Waals surface area contributed by atoms with Gasteiger partial charge in [0.15, 0.2) is 11.4 Å². The highest BCUT2D eigenvalue weighted by molar-refractivity contribution is 7.98. The van der Waals surface area contributed by atoms with Crippen LogP contribution in [0, 0.1) is 0 Å². The molecule has 1 N–H and O–H groups in total. The van der Waals surface area contributed by atoms with E-state index >= 15 is 0 Å². The van der Waals surface area contributed by atoms with E-state index in [1.807, 2.05) is 60.9 Å². The molecule has 2 aromatic carbocycles. The third-order valence-electron chi connectivity index (χ3n) is 3.80. The zero-order valence-electron chi connectivity index (χ0n) is 13.4. The van der Waals surface area contributed by atoms with Crippen LogP contribution in [0.15, 0.2) is 70.4 Å². The van der Waals surface area contributed by atoms with Gasteiger partial charge in [0.25, 0.3) is 5.22 Å². The highest BCUT2D eigenvalue weighted by Gasteiger charge is 2.13. The Bertz CT molecular complexity index is 1030.